The van der Waals surface area contributed by atoms with Gasteiger partial charge in [-0.3, -0.25) is 4.90 Å². The van der Waals surface area contributed by atoms with Crippen molar-refractivity contribution in [2.75, 3.05) is 19.6 Å². The Hall–Kier alpha value is -2.02. The van der Waals surface area contributed by atoms with Gasteiger partial charge in [0.2, 0.25) is 0 Å². The summed E-state index contributed by atoms with van der Waals surface area (Å²) in [5.74, 6) is -2.45. The maximum atomic E-state index is 13.5. The van der Waals surface area contributed by atoms with E-state index in [-0.39, 0.29) is 12.1 Å². The number of phenolic OH excluding ortho intramolecular Hbond substituents is 1. The molecule has 4 rings (SSSR count). The molecule has 2 aromatic rings. The average molecular weight is 389 g/mol. The van der Waals surface area contributed by atoms with E-state index in [9.17, 15) is 24.1 Å². The van der Waals surface area contributed by atoms with Gasteiger partial charge in [0, 0.05) is 26.1 Å². The lowest BCUT2D eigenvalue weighted by atomic mass is 9.91. The molecule has 3 N–H and O–H groups in total. The van der Waals surface area contributed by atoms with Crippen LogP contribution in [0.15, 0.2) is 42.5 Å². The lowest BCUT2D eigenvalue weighted by Gasteiger charge is -2.27. The monoisotopic (exact) mass is 389 g/mol. The molecule has 0 spiro atoms. The van der Waals surface area contributed by atoms with Crippen molar-refractivity contribution in [2.24, 2.45) is 11.8 Å². The number of rotatable bonds is 5. The molecule has 6 heteroatoms. The van der Waals surface area contributed by atoms with Gasteiger partial charge in [0.05, 0.1) is 11.7 Å². The fourth-order valence-corrected chi connectivity index (χ4v) is 4.95. The lowest BCUT2D eigenvalue weighted by Crippen LogP contribution is -2.33. The Labute approximate surface area is 163 Å². The zero-order chi connectivity index (χ0) is 19.9. The van der Waals surface area contributed by atoms with E-state index in [4.69, 9.17) is 0 Å². The van der Waals surface area contributed by atoms with E-state index < -0.39 is 29.1 Å². The standard InChI is InChI=1S/C22H25F2NO3/c23-18-6-15(7-19(24)21(18)27)20(26)13-25-11-16-9-22(28,10-17(16)12-25)8-14-4-2-1-3-5-14/h1-7,16-17,20,26-28H,8-13H2/t16-,17+,20?,22?. The first kappa shape index (κ1) is 19.3. The maximum absolute atomic E-state index is 13.5. The third-order valence-corrected chi connectivity index (χ3v) is 6.17. The molecule has 1 aliphatic carbocycles. The van der Waals surface area contributed by atoms with E-state index in [2.05, 4.69) is 4.90 Å². The molecule has 150 valence electrons. The second-order valence-electron chi connectivity index (χ2n) is 8.38. The molecule has 4 nitrogen and oxygen atoms in total. The van der Waals surface area contributed by atoms with E-state index in [0.29, 0.717) is 18.3 Å². The number of β-amino-alcohol motifs (C(OH)–C–C–N with tert-alkyl or cyclic N) is 1. The van der Waals surface area contributed by atoms with E-state index in [0.717, 1.165) is 43.6 Å². The number of hydrogen-bond donors (Lipinski definition) is 3. The fraction of sp³-hybridized carbons (Fsp3) is 0.455. The van der Waals surface area contributed by atoms with Crippen LogP contribution < -0.4 is 0 Å². The summed E-state index contributed by atoms with van der Waals surface area (Å²) in [4.78, 5) is 2.09. The van der Waals surface area contributed by atoms with Gasteiger partial charge in [0.15, 0.2) is 17.4 Å². The minimum absolute atomic E-state index is 0.116. The number of fused-ring (bicyclic) bond motifs is 1. The highest BCUT2D eigenvalue weighted by molar-refractivity contribution is 5.31. The van der Waals surface area contributed by atoms with Gasteiger partial charge in [-0.2, -0.15) is 0 Å². The van der Waals surface area contributed by atoms with Gasteiger partial charge in [0.25, 0.3) is 0 Å². The molecule has 1 heterocycles. The highest BCUT2D eigenvalue weighted by Gasteiger charge is 2.48. The van der Waals surface area contributed by atoms with Gasteiger partial charge in [-0.15, -0.1) is 0 Å². The topological polar surface area (TPSA) is 63.9 Å². The van der Waals surface area contributed by atoms with Crippen LogP contribution in [0.25, 0.3) is 0 Å². The Kier molecular flexibility index (Phi) is 5.12. The number of aromatic hydroxyl groups is 1. The average Bonchev–Trinajstić information content (AvgIpc) is 3.13. The molecule has 2 aromatic carbocycles. The zero-order valence-corrected chi connectivity index (χ0v) is 15.6. The number of halogens is 2. The Balaban J connectivity index is 1.35. The lowest BCUT2D eigenvalue weighted by molar-refractivity contribution is 0.0328. The molecule has 2 fully saturated rings. The highest BCUT2D eigenvalue weighted by atomic mass is 19.1. The van der Waals surface area contributed by atoms with Gasteiger partial charge >= 0.3 is 0 Å². The fourth-order valence-electron chi connectivity index (χ4n) is 4.95. The molecule has 2 aliphatic rings. The van der Waals surface area contributed by atoms with E-state index in [1.54, 1.807) is 0 Å². The van der Waals surface area contributed by atoms with Crippen molar-refractivity contribution in [3.05, 3.63) is 65.2 Å². The molecule has 28 heavy (non-hydrogen) atoms. The van der Waals surface area contributed by atoms with Crippen molar-refractivity contribution in [3.8, 4) is 5.75 Å². The molecule has 0 radical (unpaired) electrons. The highest BCUT2D eigenvalue weighted by Crippen LogP contribution is 2.45. The summed E-state index contributed by atoms with van der Waals surface area (Å²) in [6.07, 6.45) is 1.06. The molecular weight excluding hydrogens is 364 g/mol. The van der Waals surface area contributed by atoms with Gasteiger partial charge in [-0.25, -0.2) is 8.78 Å². The molecule has 1 aliphatic heterocycles. The van der Waals surface area contributed by atoms with Crippen molar-refractivity contribution in [1.82, 2.24) is 4.90 Å². The maximum Gasteiger partial charge on any atom is 0.187 e. The number of nitrogens with zero attached hydrogens (tertiary/aromatic N) is 1. The van der Waals surface area contributed by atoms with Gasteiger partial charge in [-0.05, 0) is 47.9 Å². The van der Waals surface area contributed by atoms with Gasteiger partial charge in [0.1, 0.15) is 0 Å². The summed E-state index contributed by atoms with van der Waals surface area (Å²) in [7, 11) is 0. The second-order valence-corrected chi connectivity index (χ2v) is 8.38. The molecule has 1 saturated heterocycles. The largest absolute Gasteiger partial charge is 0.503 e. The first-order valence-corrected chi connectivity index (χ1v) is 9.67. The van der Waals surface area contributed by atoms with Crippen LogP contribution in [0, 0.1) is 23.5 Å². The number of aliphatic hydroxyl groups is 2. The molecule has 2 unspecified atom stereocenters. The first-order valence-electron chi connectivity index (χ1n) is 9.67. The van der Waals surface area contributed by atoms with Crippen molar-refractivity contribution < 1.29 is 24.1 Å². The van der Waals surface area contributed by atoms with Crippen LogP contribution in [0.2, 0.25) is 0 Å². The predicted molar refractivity (Wildman–Crippen MR) is 101 cm³/mol. The van der Waals surface area contributed by atoms with Crippen molar-refractivity contribution >= 4 is 0 Å². The van der Waals surface area contributed by atoms with Crippen LogP contribution in [0.3, 0.4) is 0 Å². The molecule has 0 aromatic heterocycles. The third kappa shape index (κ3) is 3.90. The van der Waals surface area contributed by atoms with Crippen LogP contribution in [-0.2, 0) is 6.42 Å². The third-order valence-electron chi connectivity index (χ3n) is 6.17. The van der Waals surface area contributed by atoms with E-state index in [1.165, 1.54) is 0 Å². The number of aliphatic hydroxyl groups excluding tert-OH is 1. The molecule has 1 saturated carbocycles. The van der Waals surface area contributed by atoms with Gasteiger partial charge < -0.3 is 15.3 Å². The van der Waals surface area contributed by atoms with Crippen LogP contribution in [-0.4, -0.2) is 45.5 Å². The van der Waals surface area contributed by atoms with Crippen LogP contribution in [0.4, 0.5) is 8.78 Å². The summed E-state index contributed by atoms with van der Waals surface area (Å²) in [6, 6.07) is 11.9. The van der Waals surface area contributed by atoms with Crippen LogP contribution in [0.5, 0.6) is 5.75 Å². The Morgan fingerprint density at radius 3 is 2.18 bits per heavy atom. The SMILES string of the molecule is Oc1c(F)cc(C(O)CN2C[C@@H]3CC(O)(Cc4ccccc4)C[C@@H]3C2)cc1F. The number of likely N-dealkylation sites (tertiary alicyclic amines) is 1. The van der Waals surface area contributed by atoms with Crippen molar-refractivity contribution in [2.45, 2.75) is 31.0 Å². The number of benzene rings is 2. The number of phenols is 1. The number of hydrogen-bond acceptors (Lipinski definition) is 4. The molecule has 0 amide bonds. The van der Waals surface area contributed by atoms with E-state index >= 15 is 0 Å². The van der Waals surface area contributed by atoms with Crippen LogP contribution in [0.1, 0.15) is 30.1 Å². The Morgan fingerprint density at radius 2 is 1.61 bits per heavy atom. The predicted octanol–water partition coefficient (Wildman–Crippen LogP) is 3.02. The zero-order valence-electron chi connectivity index (χ0n) is 15.6. The Bertz CT molecular complexity index is 808. The normalized spacial score (nSPS) is 28.4. The first-order chi connectivity index (χ1) is 13.3. The van der Waals surface area contributed by atoms with Gasteiger partial charge in [-0.1, -0.05) is 30.3 Å². The smallest absolute Gasteiger partial charge is 0.187 e. The van der Waals surface area contributed by atoms with E-state index in [1.807, 2.05) is 30.3 Å². The van der Waals surface area contributed by atoms with Crippen molar-refractivity contribution in [3.63, 3.8) is 0 Å². The summed E-state index contributed by atoms with van der Waals surface area (Å²) in [5.41, 5.74) is 0.559. The minimum atomic E-state index is -1.07. The quantitative estimate of drug-likeness (QED) is 0.736. The molecular formula is C22H25F2NO3. The van der Waals surface area contributed by atoms with Crippen LogP contribution >= 0.6 is 0 Å². The molecule has 0 bridgehead atoms. The molecule has 4 atom stereocenters. The summed E-state index contributed by atoms with van der Waals surface area (Å²) in [5, 5.41) is 30.6. The summed E-state index contributed by atoms with van der Waals surface area (Å²) in [6.45, 7) is 1.78. The second kappa shape index (κ2) is 7.43. The summed E-state index contributed by atoms with van der Waals surface area (Å²) >= 11 is 0. The Morgan fingerprint density at radius 1 is 1.04 bits per heavy atom. The minimum Gasteiger partial charge on any atom is -0.503 e. The van der Waals surface area contributed by atoms with Crippen molar-refractivity contribution in [1.29, 1.82) is 0 Å². The summed E-state index contributed by atoms with van der Waals surface area (Å²) < 4.78 is 27.0.